The molecule has 0 fully saturated rings. The van der Waals surface area contributed by atoms with E-state index in [1.807, 2.05) is 42.5 Å². The maximum atomic E-state index is 13.5. The van der Waals surface area contributed by atoms with Gasteiger partial charge in [-0.1, -0.05) is 18.2 Å². The van der Waals surface area contributed by atoms with Crippen molar-refractivity contribution in [1.82, 2.24) is 15.0 Å². The van der Waals surface area contributed by atoms with E-state index in [-0.39, 0.29) is 5.91 Å². The fourth-order valence-electron chi connectivity index (χ4n) is 3.46. The van der Waals surface area contributed by atoms with Crippen LogP contribution in [0.5, 0.6) is 0 Å². The van der Waals surface area contributed by atoms with Gasteiger partial charge in [-0.05, 0) is 48.0 Å². The van der Waals surface area contributed by atoms with Crippen LogP contribution in [-0.2, 0) is 6.54 Å². The Hall–Kier alpha value is -3.84. The number of rotatable bonds is 4. The molecule has 30 heavy (non-hydrogen) atoms. The first-order valence-electron chi connectivity index (χ1n) is 9.38. The zero-order chi connectivity index (χ0) is 20.5. The van der Waals surface area contributed by atoms with E-state index in [0.29, 0.717) is 17.9 Å². The van der Waals surface area contributed by atoms with Gasteiger partial charge in [-0.15, -0.1) is 11.3 Å². The van der Waals surface area contributed by atoms with Gasteiger partial charge in [0.15, 0.2) is 0 Å². The number of hydrogen-bond donors (Lipinski definition) is 1. The van der Waals surface area contributed by atoms with Crippen LogP contribution in [0.25, 0.3) is 21.1 Å². The summed E-state index contributed by atoms with van der Waals surface area (Å²) in [5.41, 5.74) is 11.5. The van der Waals surface area contributed by atoms with Crippen LogP contribution in [-0.4, -0.2) is 20.9 Å². The van der Waals surface area contributed by atoms with Crippen molar-refractivity contribution in [1.29, 1.82) is 0 Å². The van der Waals surface area contributed by atoms with E-state index >= 15 is 0 Å². The molecule has 1 amide bonds. The molecule has 5 aromatic rings. The van der Waals surface area contributed by atoms with Gasteiger partial charge in [0.1, 0.15) is 11.3 Å². The predicted octanol–water partition coefficient (Wildman–Crippen LogP) is 4.67. The van der Waals surface area contributed by atoms with E-state index in [2.05, 4.69) is 15.0 Å². The van der Waals surface area contributed by atoms with Crippen molar-refractivity contribution in [3.05, 3.63) is 89.7 Å². The number of nitrogen functional groups attached to an aromatic ring is 1. The Bertz CT molecular complexity index is 1370. The minimum Gasteiger partial charge on any atom is -0.384 e. The van der Waals surface area contributed by atoms with E-state index in [1.165, 1.54) is 0 Å². The summed E-state index contributed by atoms with van der Waals surface area (Å²) < 4.78 is 1.03. The number of nitrogens with two attached hydrogens (primary N) is 1. The summed E-state index contributed by atoms with van der Waals surface area (Å²) in [7, 11) is 0. The van der Waals surface area contributed by atoms with Crippen LogP contribution in [0.2, 0.25) is 0 Å². The molecule has 0 saturated heterocycles. The Labute approximate surface area is 176 Å². The van der Waals surface area contributed by atoms with E-state index in [4.69, 9.17) is 5.73 Å². The third-order valence-corrected chi connectivity index (χ3v) is 5.70. The van der Waals surface area contributed by atoms with Crippen molar-refractivity contribution in [2.75, 3.05) is 10.6 Å². The Kier molecular flexibility index (Phi) is 4.57. The number of amides is 1. The van der Waals surface area contributed by atoms with Gasteiger partial charge in [-0.3, -0.25) is 9.78 Å². The minimum absolute atomic E-state index is 0.135. The van der Waals surface area contributed by atoms with Crippen molar-refractivity contribution in [2.45, 2.75) is 6.54 Å². The minimum atomic E-state index is -0.135. The quantitative estimate of drug-likeness (QED) is 0.465. The van der Waals surface area contributed by atoms with Gasteiger partial charge < -0.3 is 10.6 Å². The molecule has 0 aliphatic carbocycles. The lowest BCUT2D eigenvalue weighted by atomic mass is 10.1. The van der Waals surface area contributed by atoms with E-state index in [9.17, 15) is 4.79 Å². The van der Waals surface area contributed by atoms with Crippen LogP contribution in [0.15, 0.2) is 78.6 Å². The second-order valence-corrected chi connectivity index (χ2v) is 7.76. The molecule has 5 rings (SSSR count). The molecule has 0 atom stereocenters. The summed E-state index contributed by atoms with van der Waals surface area (Å²) in [5.74, 6) is 0.333. The molecule has 3 heterocycles. The molecule has 3 aromatic heterocycles. The third kappa shape index (κ3) is 3.35. The molecule has 0 radical (unpaired) electrons. The number of carbonyl (C=O) groups is 1. The van der Waals surface area contributed by atoms with E-state index in [1.54, 1.807) is 52.3 Å². The second-order valence-electron chi connectivity index (χ2n) is 6.87. The van der Waals surface area contributed by atoms with Crippen molar-refractivity contribution < 1.29 is 4.79 Å². The van der Waals surface area contributed by atoms with Crippen LogP contribution in [0.1, 0.15) is 15.9 Å². The monoisotopic (exact) mass is 411 g/mol. The largest absolute Gasteiger partial charge is 0.384 e. The van der Waals surface area contributed by atoms with Gasteiger partial charge >= 0.3 is 0 Å². The third-order valence-electron chi connectivity index (χ3n) is 4.90. The van der Waals surface area contributed by atoms with Crippen LogP contribution >= 0.6 is 11.3 Å². The van der Waals surface area contributed by atoms with E-state index in [0.717, 1.165) is 32.4 Å². The number of thiazole rings is 1. The molecular weight excluding hydrogens is 394 g/mol. The van der Waals surface area contributed by atoms with Crippen LogP contribution in [0, 0.1) is 0 Å². The molecule has 0 unspecified atom stereocenters. The molecule has 0 aliphatic heterocycles. The zero-order valence-corrected chi connectivity index (χ0v) is 16.7. The van der Waals surface area contributed by atoms with Crippen LogP contribution < -0.4 is 10.6 Å². The molecule has 0 saturated carbocycles. The lowest BCUT2D eigenvalue weighted by Crippen LogP contribution is -2.30. The normalized spacial score (nSPS) is 11.1. The first-order chi connectivity index (χ1) is 14.7. The number of pyridine rings is 2. The predicted molar refractivity (Wildman–Crippen MR) is 121 cm³/mol. The maximum Gasteiger partial charge on any atom is 0.260 e. The van der Waals surface area contributed by atoms with Gasteiger partial charge in [0.05, 0.1) is 33.5 Å². The zero-order valence-electron chi connectivity index (χ0n) is 15.9. The SMILES string of the molecule is Nc1ccc2ccc(CN(C(=O)c3cccnc3)c3cccc4scnc34)cc2n1. The number of nitrogens with zero attached hydrogens (tertiary/aromatic N) is 4. The summed E-state index contributed by atoms with van der Waals surface area (Å²) in [6, 6.07) is 19.1. The first kappa shape index (κ1) is 18.2. The van der Waals surface area contributed by atoms with Crippen molar-refractivity contribution in [3.63, 3.8) is 0 Å². The smallest absolute Gasteiger partial charge is 0.260 e. The van der Waals surface area contributed by atoms with Gasteiger partial charge in [0, 0.05) is 17.8 Å². The van der Waals surface area contributed by atoms with E-state index < -0.39 is 0 Å². The van der Waals surface area contributed by atoms with Crippen LogP contribution in [0.4, 0.5) is 11.5 Å². The standard InChI is InChI=1S/C23H17N5OS/c24-21-9-8-16-7-6-15(11-18(16)27-21)13-28(23(29)17-3-2-10-25-12-17)19-4-1-5-20-22(19)26-14-30-20/h1-12,14H,13H2,(H2,24,27). The number of para-hydroxylation sites is 1. The molecule has 2 aromatic carbocycles. The number of anilines is 2. The molecule has 2 N–H and O–H groups in total. The molecule has 0 aliphatic rings. The van der Waals surface area contributed by atoms with Crippen LogP contribution in [0.3, 0.4) is 0 Å². The molecule has 0 spiro atoms. The number of hydrogen-bond acceptors (Lipinski definition) is 6. The number of benzene rings is 2. The highest BCUT2D eigenvalue weighted by Crippen LogP contribution is 2.30. The Balaban J connectivity index is 1.61. The fraction of sp³-hybridized carbons (Fsp3) is 0.0435. The summed E-state index contributed by atoms with van der Waals surface area (Å²) in [6.45, 7) is 0.372. The summed E-state index contributed by atoms with van der Waals surface area (Å²) in [4.78, 5) is 28.2. The highest BCUT2D eigenvalue weighted by atomic mass is 32.1. The number of carbonyl (C=O) groups excluding carboxylic acids is 1. The van der Waals surface area contributed by atoms with Gasteiger partial charge in [0.2, 0.25) is 0 Å². The Morgan fingerprint density at radius 3 is 2.83 bits per heavy atom. The highest BCUT2D eigenvalue weighted by Gasteiger charge is 2.21. The average Bonchev–Trinajstić information content (AvgIpc) is 3.26. The fourth-order valence-corrected chi connectivity index (χ4v) is 4.16. The number of fused-ring (bicyclic) bond motifs is 2. The average molecular weight is 411 g/mol. The van der Waals surface area contributed by atoms with Gasteiger partial charge in [0.25, 0.3) is 5.91 Å². The molecule has 0 bridgehead atoms. The summed E-state index contributed by atoms with van der Waals surface area (Å²) >= 11 is 1.55. The van der Waals surface area contributed by atoms with Gasteiger partial charge in [-0.25, -0.2) is 9.97 Å². The topological polar surface area (TPSA) is 85.0 Å². The molecular formula is C23H17N5OS. The second kappa shape index (κ2) is 7.53. The Morgan fingerprint density at radius 2 is 1.97 bits per heavy atom. The van der Waals surface area contributed by atoms with Crippen molar-refractivity contribution >= 4 is 49.9 Å². The highest BCUT2D eigenvalue weighted by molar-refractivity contribution is 7.16. The first-order valence-corrected chi connectivity index (χ1v) is 10.3. The maximum absolute atomic E-state index is 13.5. The lowest BCUT2D eigenvalue weighted by Gasteiger charge is -2.23. The molecule has 6 nitrogen and oxygen atoms in total. The summed E-state index contributed by atoms with van der Waals surface area (Å²) in [6.07, 6.45) is 3.24. The van der Waals surface area contributed by atoms with Crippen molar-refractivity contribution in [3.8, 4) is 0 Å². The Morgan fingerprint density at radius 1 is 1.07 bits per heavy atom. The molecule has 146 valence electrons. The van der Waals surface area contributed by atoms with Gasteiger partial charge in [-0.2, -0.15) is 0 Å². The van der Waals surface area contributed by atoms with Crippen molar-refractivity contribution in [2.24, 2.45) is 0 Å². The molecule has 7 heteroatoms. The number of aromatic nitrogens is 3. The summed E-state index contributed by atoms with van der Waals surface area (Å²) in [5, 5.41) is 1.000. The lowest BCUT2D eigenvalue weighted by molar-refractivity contribution is 0.0985.